The van der Waals surface area contributed by atoms with E-state index in [0.717, 1.165) is 30.0 Å². The fraction of sp³-hybridized carbons (Fsp3) is 0.292. The summed E-state index contributed by atoms with van der Waals surface area (Å²) < 4.78 is 20.9. The number of nitrogens with zero attached hydrogens (tertiary/aromatic N) is 5. The molecule has 1 aliphatic rings. The summed E-state index contributed by atoms with van der Waals surface area (Å²) in [6.45, 7) is 3.35. The fourth-order valence-electron chi connectivity index (χ4n) is 4.20. The Balaban J connectivity index is 1.45. The first-order valence-electron chi connectivity index (χ1n) is 10.9. The van der Waals surface area contributed by atoms with Crippen molar-refractivity contribution >= 4 is 17.2 Å². The van der Waals surface area contributed by atoms with Crippen LogP contribution in [0.25, 0.3) is 17.0 Å². The lowest BCUT2D eigenvalue weighted by molar-refractivity contribution is 0.198. The van der Waals surface area contributed by atoms with Crippen LogP contribution in [0.2, 0.25) is 0 Å². The second kappa shape index (κ2) is 8.67. The lowest BCUT2D eigenvalue weighted by atomic mass is 10.1. The number of hydrogen-bond donors (Lipinski definition) is 2. The lowest BCUT2D eigenvalue weighted by Gasteiger charge is -2.18. The third kappa shape index (κ3) is 4.19. The molecular formula is C24H25FN6O2. The van der Waals surface area contributed by atoms with E-state index in [1.54, 1.807) is 30.1 Å². The van der Waals surface area contributed by atoms with Crippen LogP contribution in [0.5, 0.6) is 5.75 Å². The maximum absolute atomic E-state index is 13.8. The molecule has 0 saturated carbocycles. The number of imidazole rings is 1. The van der Waals surface area contributed by atoms with Gasteiger partial charge in [0.15, 0.2) is 5.65 Å². The first-order valence-corrected chi connectivity index (χ1v) is 10.9. The predicted molar refractivity (Wildman–Crippen MR) is 124 cm³/mol. The molecular weight excluding hydrogens is 423 g/mol. The van der Waals surface area contributed by atoms with Crippen LogP contribution >= 0.6 is 0 Å². The van der Waals surface area contributed by atoms with Crippen molar-refractivity contribution in [2.75, 3.05) is 30.4 Å². The number of rotatable bonds is 6. The standard InChI is InChI=1S/C24H25FN6O2/c1-15(19-11-16(25)3-4-22(19)33-2)28-23-5-6-24-27-13-21(31(24)29-23)20-12-17(7-9-26-20)30-10-8-18(32)14-30/h3-7,9,11-13,15,18,32H,8,10,14H2,1-2H3,(H,28,29)/t15-,18+/m1/s1. The van der Waals surface area contributed by atoms with Gasteiger partial charge in [-0.15, -0.1) is 5.10 Å². The molecule has 9 heteroatoms. The fourth-order valence-corrected chi connectivity index (χ4v) is 4.20. The molecule has 2 atom stereocenters. The number of aliphatic hydroxyl groups is 1. The zero-order chi connectivity index (χ0) is 22.9. The Hall–Kier alpha value is -3.72. The number of aromatic nitrogens is 4. The minimum atomic E-state index is -0.323. The summed E-state index contributed by atoms with van der Waals surface area (Å²) in [5, 5.41) is 17.9. The Morgan fingerprint density at radius 1 is 1.18 bits per heavy atom. The number of anilines is 2. The van der Waals surface area contributed by atoms with E-state index in [1.807, 2.05) is 31.2 Å². The maximum Gasteiger partial charge on any atom is 0.154 e. The van der Waals surface area contributed by atoms with Crippen LogP contribution < -0.4 is 15.0 Å². The summed E-state index contributed by atoms with van der Waals surface area (Å²) in [5.41, 5.74) is 3.90. The average Bonchev–Trinajstić information content (AvgIpc) is 3.45. The number of ether oxygens (including phenoxy) is 1. The predicted octanol–water partition coefficient (Wildman–Crippen LogP) is 3.68. The highest BCUT2D eigenvalue weighted by molar-refractivity contribution is 5.65. The summed E-state index contributed by atoms with van der Waals surface area (Å²) >= 11 is 0. The number of nitrogens with one attached hydrogen (secondary N) is 1. The number of benzene rings is 1. The summed E-state index contributed by atoms with van der Waals surface area (Å²) in [5.74, 6) is 0.893. The first kappa shape index (κ1) is 21.1. The van der Waals surface area contributed by atoms with Crippen LogP contribution in [0.3, 0.4) is 0 Å². The Morgan fingerprint density at radius 2 is 2.06 bits per heavy atom. The van der Waals surface area contributed by atoms with Crippen molar-refractivity contribution in [3.8, 4) is 17.1 Å². The SMILES string of the molecule is COc1ccc(F)cc1[C@@H](C)Nc1ccc2ncc(-c3cc(N4CC[C@H](O)C4)ccn3)n2n1. The molecule has 1 saturated heterocycles. The van der Waals surface area contributed by atoms with Crippen molar-refractivity contribution < 1.29 is 14.2 Å². The number of pyridine rings is 1. The van der Waals surface area contributed by atoms with Gasteiger partial charge in [0.05, 0.1) is 31.1 Å². The molecule has 0 unspecified atom stereocenters. The van der Waals surface area contributed by atoms with Crippen LogP contribution in [0.15, 0.2) is 54.9 Å². The number of hydrogen-bond acceptors (Lipinski definition) is 7. The third-order valence-corrected chi connectivity index (χ3v) is 5.92. The topological polar surface area (TPSA) is 87.8 Å². The molecule has 33 heavy (non-hydrogen) atoms. The van der Waals surface area contributed by atoms with Crippen molar-refractivity contribution in [1.29, 1.82) is 0 Å². The van der Waals surface area contributed by atoms with E-state index in [4.69, 9.17) is 9.84 Å². The lowest BCUT2D eigenvalue weighted by Crippen LogP contribution is -2.21. The van der Waals surface area contributed by atoms with E-state index in [2.05, 4.69) is 20.2 Å². The molecule has 1 aromatic carbocycles. The van der Waals surface area contributed by atoms with Gasteiger partial charge in [-0.25, -0.2) is 13.9 Å². The summed E-state index contributed by atoms with van der Waals surface area (Å²) in [7, 11) is 1.56. The Bertz CT molecular complexity index is 1290. The van der Waals surface area contributed by atoms with Gasteiger partial charge in [-0.05, 0) is 55.8 Å². The Kier molecular flexibility index (Phi) is 5.55. The number of halogens is 1. The average molecular weight is 449 g/mol. The van der Waals surface area contributed by atoms with E-state index in [-0.39, 0.29) is 18.0 Å². The maximum atomic E-state index is 13.8. The normalized spacial score (nSPS) is 16.8. The van der Waals surface area contributed by atoms with Gasteiger partial charge < -0.3 is 20.1 Å². The number of aliphatic hydroxyl groups excluding tert-OH is 1. The molecule has 0 radical (unpaired) electrons. The highest BCUT2D eigenvalue weighted by Crippen LogP contribution is 2.29. The molecule has 3 aromatic heterocycles. The molecule has 0 aliphatic carbocycles. The van der Waals surface area contributed by atoms with Crippen molar-refractivity contribution in [3.05, 3.63) is 66.2 Å². The van der Waals surface area contributed by atoms with Gasteiger partial charge in [-0.3, -0.25) is 4.98 Å². The van der Waals surface area contributed by atoms with E-state index < -0.39 is 0 Å². The molecule has 0 bridgehead atoms. The van der Waals surface area contributed by atoms with E-state index in [9.17, 15) is 9.50 Å². The smallest absolute Gasteiger partial charge is 0.154 e. The van der Waals surface area contributed by atoms with Gasteiger partial charge in [-0.1, -0.05) is 0 Å². The molecule has 2 N–H and O–H groups in total. The Morgan fingerprint density at radius 3 is 2.85 bits per heavy atom. The van der Waals surface area contributed by atoms with Crippen LogP contribution in [0.4, 0.5) is 15.9 Å². The Labute approximate surface area is 190 Å². The van der Waals surface area contributed by atoms with Crippen molar-refractivity contribution in [1.82, 2.24) is 19.6 Å². The van der Waals surface area contributed by atoms with E-state index >= 15 is 0 Å². The second-order valence-corrected chi connectivity index (χ2v) is 8.17. The van der Waals surface area contributed by atoms with Crippen LogP contribution in [-0.2, 0) is 0 Å². The van der Waals surface area contributed by atoms with Gasteiger partial charge >= 0.3 is 0 Å². The number of methoxy groups -OCH3 is 1. The highest BCUT2D eigenvalue weighted by atomic mass is 19.1. The summed E-state index contributed by atoms with van der Waals surface area (Å²) in [6.07, 6.45) is 3.97. The van der Waals surface area contributed by atoms with Gasteiger partial charge in [0.25, 0.3) is 0 Å². The van der Waals surface area contributed by atoms with Crippen LogP contribution in [0, 0.1) is 5.82 Å². The van der Waals surface area contributed by atoms with Gasteiger partial charge in [0, 0.05) is 30.5 Å². The largest absolute Gasteiger partial charge is 0.496 e. The molecule has 0 amide bonds. The number of fused-ring (bicyclic) bond motifs is 1. The summed E-state index contributed by atoms with van der Waals surface area (Å²) in [4.78, 5) is 11.1. The van der Waals surface area contributed by atoms with Crippen molar-refractivity contribution in [2.45, 2.75) is 25.5 Å². The molecule has 170 valence electrons. The van der Waals surface area contributed by atoms with Crippen LogP contribution in [0.1, 0.15) is 24.9 Å². The highest BCUT2D eigenvalue weighted by Gasteiger charge is 2.21. The molecule has 5 rings (SSSR count). The molecule has 4 heterocycles. The zero-order valence-corrected chi connectivity index (χ0v) is 18.4. The monoisotopic (exact) mass is 448 g/mol. The van der Waals surface area contributed by atoms with E-state index in [0.29, 0.717) is 29.3 Å². The molecule has 1 aliphatic heterocycles. The molecule has 0 spiro atoms. The first-order chi connectivity index (χ1) is 16.0. The van der Waals surface area contributed by atoms with Crippen molar-refractivity contribution in [2.24, 2.45) is 0 Å². The van der Waals surface area contributed by atoms with Gasteiger partial charge in [0.2, 0.25) is 0 Å². The van der Waals surface area contributed by atoms with Gasteiger partial charge in [0.1, 0.15) is 23.1 Å². The van der Waals surface area contributed by atoms with Crippen LogP contribution in [-0.4, -0.2) is 51.0 Å². The second-order valence-electron chi connectivity index (χ2n) is 8.17. The minimum Gasteiger partial charge on any atom is -0.496 e. The van der Waals surface area contributed by atoms with E-state index in [1.165, 1.54) is 12.1 Å². The summed E-state index contributed by atoms with van der Waals surface area (Å²) in [6, 6.07) is 11.9. The minimum absolute atomic E-state index is 0.240. The number of β-amino-alcohol motifs (C(OH)–C–C–N with tert-alkyl or cyclic N) is 1. The molecule has 1 fully saturated rings. The molecule has 8 nitrogen and oxygen atoms in total. The van der Waals surface area contributed by atoms with Crippen molar-refractivity contribution in [3.63, 3.8) is 0 Å². The zero-order valence-electron chi connectivity index (χ0n) is 18.4. The third-order valence-electron chi connectivity index (χ3n) is 5.92. The molecule has 4 aromatic rings. The quantitative estimate of drug-likeness (QED) is 0.465. The van der Waals surface area contributed by atoms with Gasteiger partial charge in [-0.2, -0.15) is 0 Å².